The molecule has 0 amide bonds. The van der Waals surface area contributed by atoms with E-state index in [0.29, 0.717) is 9.04 Å². The number of methoxy groups -OCH3 is 1. The third kappa shape index (κ3) is 3.28. The van der Waals surface area contributed by atoms with Crippen LogP contribution in [0.1, 0.15) is 12.5 Å². The number of ether oxygens (including phenoxy) is 1. The maximum atomic E-state index is 12.3. The lowest BCUT2D eigenvalue weighted by atomic mass is 10.2. The number of pyridine rings is 1. The molecule has 100 valence electrons. The number of hydrogen-bond acceptors (Lipinski definition) is 4. The number of alkyl halides is 2. The summed E-state index contributed by atoms with van der Waals surface area (Å²) in [5.74, 6) is -1.59. The van der Waals surface area contributed by atoms with Gasteiger partial charge in [0.15, 0.2) is 0 Å². The number of carbonyl (C=O) groups is 1. The van der Waals surface area contributed by atoms with Crippen LogP contribution >= 0.6 is 15.9 Å². The van der Waals surface area contributed by atoms with Gasteiger partial charge < -0.3 is 19.2 Å². The third-order valence-electron chi connectivity index (χ3n) is 2.23. The third-order valence-corrected chi connectivity index (χ3v) is 2.85. The van der Waals surface area contributed by atoms with Crippen molar-refractivity contribution < 1.29 is 23.4 Å². The van der Waals surface area contributed by atoms with Crippen molar-refractivity contribution in [3.8, 4) is 5.75 Å². The number of aliphatic carboxylic acids is 1. The fraction of sp³-hybridized carbons (Fsp3) is 0.400. The van der Waals surface area contributed by atoms with E-state index in [1.807, 2.05) is 0 Å². The van der Waals surface area contributed by atoms with Gasteiger partial charge in [0.05, 0.1) is 29.8 Å². The van der Waals surface area contributed by atoms with Crippen molar-refractivity contribution in [2.75, 3.05) is 7.11 Å². The zero-order valence-corrected chi connectivity index (χ0v) is 10.8. The lowest BCUT2D eigenvalue weighted by Crippen LogP contribution is -2.38. The Morgan fingerprint density at radius 3 is 2.67 bits per heavy atom. The Bertz CT molecular complexity index is 503. The molecular weight excluding hydrogens is 316 g/mol. The minimum Gasteiger partial charge on any atom is -0.548 e. The maximum Gasteiger partial charge on any atom is 0.252 e. The number of hydrogen-bond donors (Lipinski definition) is 0. The van der Waals surface area contributed by atoms with Crippen molar-refractivity contribution in [1.29, 1.82) is 0 Å². The Hall–Kier alpha value is -1.44. The van der Waals surface area contributed by atoms with Gasteiger partial charge in [0, 0.05) is 12.5 Å². The standard InChI is InChI=1S/C10H10BrF2NO4/c1-18-7-4-14(9(15)2-5(7)11)6(10(16)17)3-8(12)13/h2,4,6,8H,3H2,1H3,(H,16,17)/p-1. The smallest absolute Gasteiger partial charge is 0.252 e. The molecule has 1 atom stereocenters. The summed E-state index contributed by atoms with van der Waals surface area (Å²) in [6.07, 6.45) is -2.82. The molecule has 0 saturated carbocycles. The number of carbonyl (C=O) groups excluding carboxylic acids is 1. The Kier molecular flexibility index (Phi) is 4.83. The topological polar surface area (TPSA) is 71.4 Å². The largest absolute Gasteiger partial charge is 0.548 e. The average molecular weight is 325 g/mol. The minimum absolute atomic E-state index is 0.162. The summed E-state index contributed by atoms with van der Waals surface area (Å²) in [5, 5.41) is 10.8. The van der Waals surface area contributed by atoms with Crippen molar-refractivity contribution in [3.63, 3.8) is 0 Å². The first-order valence-corrected chi connectivity index (χ1v) is 5.60. The van der Waals surface area contributed by atoms with Crippen LogP contribution in [0.15, 0.2) is 21.5 Å². The molecule has 0 fully saturated rings. The van der Waals surface area contributed by atoms with Crippen molar-refractivity contribution >= 4 is 21.9 Å². The SMILES string of the molecule is COc1cn(C(CC(F)F)C(=O)[O-])c(=O)cc1Br. The van der Waals surface area contributed by atoms with E-state index in [-0.39, 0.29) is 5.75 Å². The van der Waals surface area contributed by atoms with Gasteiger partial charge in [-0.3, -0.25) is 4.79 Å². The molecule has 1 aromatic heterocycles. The van der Waals surface area contributed by atoms with Gasteiger partial charge in [-0.1, -0.05) is 0 Å². The van der Waals surface area contributed by atoms with E-state index < -0.39 is 30.4 Å². The highest BCUT2D eigenvalue weighted by Crippen LogP contribution is 2.24. The van der Waals surface area contributed by atoms with Gasteiger partial charge in [0.25, 0.3) is 5.56 Å². The van der Waals surface area contributed by atoms with Crippen LogP contribution in [-0.2, 0) is 4.79 Å². The van der Waals surface area contributed by atoms with Crippen LogP contribution < -0.4 is 15.4 Å². The summed E-state index contributed by atoms with van der Waals surface area (Å²) < 4.78 is 30.4. The maximum absolute atomic E-state index is 12.3. The number of rotatable bonds is 5. The van der Waals surface area contributed by atoms with Gasteiger partial charge in [0.1, 0.15) is 5.75 Å². The summed E-state index contributed by atoms with van der Waals surface area (Å²) in [7, 11) is 1.30. The van der Waals surface area contributed by atoms with Crippen LogP contribution in [0.2, 0.25) is 0 Å². The van der Waals surface area contributed by atoms with Crippen molar-refractivity contribution in [3.05, 3.63) is 27.1 Å². The van der Waals surface area contributed by atoms with Crippen molar-refractivity contribution in [1.82, 2.24) is 4.57 Å². The number of aromatic nitrogens is 1. The molecule has 0 aliphatic heterocycles. The van der Waals surface area contributed by atoms with Crippen LogP contribution in [-0.4, -0.2) is 24.1 Å². The lowest BCUT2D eigenvalue weighted by molar-refractivity contribution is -0.311. The van der Waals surface area contributed by atoms with E-state index in [1.54, 1.807) is 0 Å². The van der Waals surface area contributed by atoms with Crippen LogP contribution in [0.4, 0.5) is 8.78 Å². The zero-order valence-electron chi connectivity index (χ0n) is 9.23. The second-order valence-corrected chi connectivity index (χ2v) is 4.25. The van der Waals surface area contributed by atoms with Gasteiger partial charge in [0.2, 0.25) is 6.43 Å². The Labute approximate surface area is 109 Å². The summed E-state index contributed by atoms with van der Waals surface area (Å²) in [6, 6.07) is -0.695. The van der Waals surface area contributed by atoms with Gasteiger partial charge >= 0.3 is 0 Å². The number of carboxylic acid groups (broad SMARTS) is 1. The van der Waals surface area contributed by atoms with Crippen molar-refractivity contribution in [2.45, 2.75) is 18.9 Å². The predicted molar refractivity (Wildman–Crippen MR) is 59.6 cm³/mol. The highest BCUT2D eigenvalue weighted by atomic mass is 79.9. The molecule has 1 aromatic rings. The molecule has 0 N–H and O–H groups in total. The average Bonchev–Trinajstić information content (AvgIpc) is 2.26. The summed E-state index contributed by atoms with van der Waals surface area (Å²) in [5.41, 5.74) is -0.738. The van der Waals surface area contributed by atoms with Gasteiger partial charge in [-0.2, -0.15) is 0 Å². The molecule has 0 aliphatic carbocycles. The van der Waals surface area contributed by atoms with Crippen LogP contribution in [0.5, 0.6) is 5.75 Å². The molecule has 18 heavy (non-hydrogen) atoms. The fourth-order valence-electron chi connectivity index (χ4n) is 1.39. The minimum atomic E-state index is -2.87. The van der Waals surface area contributed by atoms with Gasteiger partial charge in [-0.05, 0) is 15.9 Å². The molecule has 0 bridgehead atoms. The highest BCUT2D eigenvalue weighted by molar-refractivity contribution is 9.10. The summed E-state index contributed by atoms with van der Waals surface area (Å²) in [6.45, 7) is 0. The van der Waals surface area contributed by atoms with E-state index in [1.165, 1.54) is 7.11 Å². The van der Waals surface area contributed by atoms with Crippen molar-refractivity contribution in [2.24, 2.45) is 0 Å². The molecule has 8 heteroatoms. The van der Waals surface area contributed by atoms with Crippen LogP contribution in [0.3, 0.4) is 0 Å². The normalized spacial score (nSPS) is 12.5. The molecule has 5 nitrogen and oxygen atoms in total. The quantitative estimate of drug-likeness (QED) is 0.793. The molecule has 1 unspecified atom stereocenters. The van der Waals surface area contributed by atoms with E-state index in [0.717, 1.165) is 12.3 Å². The molecular formula is C10H9BrF2NO4-. The molecule has 0 saturated heterocycles. The van der Waals surface area contributed by atoms with Crippen LogP contribution in [0.25, 0.3) is 0 Å². The van der Waals surface area contributed by atoms with Gasteiger partial charge in [-0.15, -0.1) is 0 Å². The van der Waals surface area contributed by atoms with Crippen LogP contribution in [0, 0.1) is 0 Å². The molecule has 0 radical (unpaired) electrons. The number of nitrogens with zero attached hydrogens (tertiary/aromatic N) is 1. The summed E-state index contributed by atoms with van der Waals surface area (Å²) in [4.78, 5) is 22.4. The summed E-state index contributed by atoms with van der Waals surface area (Å²) >= 11 is 3.03. The lowest BCUT2D eigenvalue weighted by Gasteiger charge is -2.21. The highest BCUT2D eigenvalue weighted by Gasteiger charge is 2.20. The fourth-order valence-corrected chi connectivity index (χ4v) is 1.85. The Morgan fingerprint density at radius 2 is 2.22 bits per heavy atom. The first-order valence-electron chi connectivity index (χ1n) is 4.81. The first-order chi connectivity index (χ1) is 8.36. The second kappa shape index (κ2) is 5.94. The number of halogens is 3. The van der Waals surface area contributed by atoms with Gasteiger partial charge in [-0.25, -0.2) is 8.78 Å². The van der Waals surface area contributed by atoms with E-state index >= 15 is 0 Å². The molecule has 0 aliphatic rings. The van der Waals surface area contributed by atoms with E-state index in [2.05, 4.69) is 15.9 Å². The first kappa shape index (κ1) is 14.6. The number of carboxylic acids is 1. The molecule has 1 rings (SSSR count). The molecule has 1 heterocycles. The monoisotopic (exact) mass is 324 g/mol. The Balaban J connectivity index is 3.27. The molecule has 0 aromatic carbocycles. The van der Waals surface area contributed by atoms with E-state index in [9.17, 15) is 23.5 Å². The Morgan fingerprint density at radius 1 is 1.61 bits per heavy atom. The second-order valence-electron chi connectivity index (χ2n) is 3.40. The zero-order chi connectivity index (χ0) is 13.9. The van der Waals surface area contributed by atoms with E-state index in [4.69, 9.17) is 4.74 Å². The predicted octanol–water partition coefficient (Wildman–Crippen LogP) is 0.566. The molecule has 0 spiro atoms.